The van der Waals surface area contributed by atoms with Crippen molar-refractivity contribution in [2.45, 2.75) is 20.4 Å². The molecule has 0 aliphatic heterocycles. The average Bonchev–Trinajstić information content (AvgIpc) is 2.56. The standard InChI is InChI=1S/C19H24N2O2/c1-4-21(13-16-9-6-5-8-15(16)2)14-19(22)20-17-10-7-11-18(12-17)23-3/h5-12H,4,13-14H2,1-3H3,(H,20,22). The summed E-state index contributed by atoms with van der Waals surface area (Å²) in [6.45, 7) is 6.12. The van der Waals surface area contributed by atoms with Crippen LogP contribution < -0.4 is 10.1 Å². The summed E-state index contributed by atoms with van der Waals surface area (Å²) in [7, 11) is 1.61. The van der Waals surface area contributed by atoms with Crippen molar-refractivity contribution in [1.82, 2.24) is 4.90 Å². The van der Waals surface area contributed by atoms with Gasteiger partial charge in [0.05, 0.1) is 13.7 Å². The Morgan fingerprint density at radius 1 is 1.17 bits per heavy atom. The molecule has 1 amide bonds. The van der Waals surface area contributed by atoms with Gasteiger partial charge in [-0.2, -0.15) is 0 Å². The first kappa shape index (κ1) is 17.0. The number of amides is 1. The van der Waals surface area contributed by atoms with Crippen molar-refractivity contribution in [1.29, 1.82) is 0 Å². The maximum Gasteiger partial charge on any atom is 0.238 e. The highest BCUT2D eigenvalue weighted by atomic mass is 16.5. The van der Waals surface area contributed by atoms with Gasteiger partial charge in [-0.15, -0.1) is 0 Å². The average molecular weight is 312 g/mol. The van der Waals surface area contributed by atoms with Gasteiger partial charge in [-0.1, -0.05) is 37.3 Å². The number of carbonyl (C=O) groups excluding carboxylic acids is 1. The van der Waals surface area contributed by atoms with Crippen LogP contribution in [0.15, 0.2) is 48.5 Å². The number of nitrogens with one attached hydrogen (secondary N) is 1. The molecule has 0 aromatic heterocycles. The molecule has 4 heteroatoms. The molecule has 0 aliphatic carbocycles. The summed E-state index contributed by atoms with van der Waals surface area (Å²) in [6, 6.07) is 15.7. The topological polar surface area (TPSA) is 41.6 Å². The highest BCUT2D eigenvalue weighted by Crippen LogP contribution is 2.17. The van der Waals surface area contributed by atoms with Crippen molar-refractivity contribution >= 4 is 11.6 Å². The molecule has 2 aromatic rings. The Balaban J connectivity index is 1.95. The number of methoxy groups -OCH3 is 1. The molecule has 0 spiro atoms. The van der Waals surface area contributed by atoms with Gasteiger partial charge in [0.1, 0.15) is 5.75 Å². The summed E-state index contributed by atoms with van der Waals surface area (Å²) in [5.41, 5.74) is 3.25. The van der Waals surface area contributed by atoms with Gasteiger partial charge in [0, 0.05) is 18.3 Å². The van der Waals surface area contributed by atoms with Crippen molar-refractivity contribution in [3.05, 3.63) is 59.7 Å². The molecule has 0 saturated heterocycles. The molecule has 0 bridgehead atoms. The molecule has 0 saturated carbocycles. The van der Waals surface area contributed by atoms with Crippen LogP contribution in [0.4, 0.5) is 5.69 Å². The lowest BCUT2D eigenvalue weighted by atomic mass is 10.1. The second-order valence-corrected chi connectivity index (χ2v) is 5.51. The number of hydrogen-bond donors (Lipinski definition) is 1. The van der Waals surface area contributed by atoms with Crippen LogP contribution in [0, 0.1) is 6.92 Å². The van der Waals surface area contributed by atoms with E-state index in [-0.39, 0.29) is 5.91 Å². The Morgan fingerprint density at radius 3 is 2.65 bits per heavy atom. The minimum absolute atomic E-state index is 0.0197. The first-order chi connectivity index (χ1) is 11.1. The predicted octanol–water partition coefficient (Wildman–Crippen LogP) is 3.46. The number of benzene rings is 2. The van der Waals surface area contributed by atoms with E-state index in [1.165, 1.54) is 11.1 Å². The summed E-state index contributed by atoms with van der Waals surface area (Å²) in [5.74, 6) is 0.712. The van der Waals surface area contributed by atoms with Crippen molar-refractivity contribution in [3.63, 3.8) is 0 Å². The number of hydrogen-bond acceptors (Lipinski definition) is 3. The van der Waals surface area contributed by atoms with Crippen molar-refractivity contribution in [2.24, 2.45) is 0 Å². The fourth-order valence-electron chi connectivity index (χ4n) is 2.41. The van der Waals surface area contributed by atoms with Crippen LogP contribution in [0.5, 0.6) is 5.75 Å². The maximum absolute atomic E-state index is 12.3. The molecule has 23 heavy (non-hydrogen) atoms. The number of nitrogens with zero attached hydrogens (tertiary/aromatic N) is 1. The zero-order valence-corrected chi connectivity index (χ0v) is 14.0. The summed E-state index contributed by atoms with van der Waals surface area (Å²) in [6.07, 6.45) is 0. The molecule has 122 valence electrons. The third-order valence-corrected chi connectivity index (χ3v) is 3.82. The molecular formula is C19H24N2O2. The summed E-state index contributed by atoms with van der Waals surface area (Å²) in [5, 5.41) is 2.92. The van der Waals surface area contributed by atoms with Gasteiger partial charge in [0.25, 0.3) is 0 Å². The molecule has 0 fully saturated rings. The van der Waals surface area contributed by atoms with Gasteiger partial charge in [-0.05, 0) is 36.7 Å². The van der Waals surface area contributed by atoms with Gasteiger partial charge in [0.2, 0.25) is 5.91 Å². The molecule has 1 N–H and O–H groups in total. The molecule has 0 atom stereocenters. The maximum atomic E-state index is 12.3. The quantitative estimate of drug-likeness (QED) is 0.851. The SMILES string of the molecule is CCN(CC(=O)Nc1cccc(OC)c1)Cc1ccccc1C. The van der Waals surface area contributed by atoms with Crippen molar-refractivity contribution in [3.8, 4) is 5.75 Å². The Hall–Kier alpha value is -2.33. The fourth-order valence-corrected chi connectivity index (χ4v) is 2.41. The molecule has 0 radical (unpaired) electrons. The van der Waals surface area contributed by atoms with E-state index in [2.05, 4.69) is 36.2 Å². The second-order valence-electron chi connectivity index (χ2n) is 5.51. The fraction of sp³-hybridized carbons (Fsp3) is 0.316. The normalized spacial score (nSPS) is 10.6. The third kappa shape index (κ3) is 5.11. The number of carbonyl (C=O) groups is 1. The molecule has 2 rings (SSSR count). The monoisotopic (exact) mass is 312 g/mol. The Bertz CT molecular complexity index is 655. The zero-order chi connectivity index (χ0) is 16.7. The van der Waals surface area contributed by atoms with Gasteiger partial charge in [-0.25, -0.2) is 0 Å². The number of rotatable bonds is 7. The summed E-state index contributed by atoms with van der Waals surface area (Å²) >= 11 is 0. The van der Waals surface area contributed by atoms with Gasteiger partial charge in [0.15, 0.2) is 0 Å². The Labute approximate surface area is 138 Å². The van der Waals surface area contributed by atoms with Gasteiger partial charge >= 0.3 is 0 Å². The van der Waals surface area contributed by atoms with Crippen LogP contribution in [-0.2, 0) is 11.3 Å². The molecule has 0 heterocycles. The van der Waals surface area contributed by atoms with Crippen LogP contribution >= 0.6 is 0 Å². The minimum atomic E-state index is -0.0197. The highest BCUT2D eigenvalue weighted by Gasteiger charge is 2.11. The van der Waals surface area contributed by atoms with E-state index in [1.807, 2.05) is 36.4 Å². The zero-order valence-electron chi connectivity index (χ0n) is 14.0. The number of aryl methyl sites for hydroxylation is 1. The lowest BCUT2D eigenvalue weighted by Gasteiger charge is -2.21. The molecular weight excluding hydrogens is 288 g/mol. The summed E-state index contributed by atoms with van der Waals surface area (Å²) < 4.78 is 5.17. The second kappa shape index (κ2) is 8.34. The minimum Gasteiger partial charge on any atom is -0.497 e. The number of ether oxygens (including phenoxy) is 1. The van der Waals surface area contributed by atoms with Crippen molar-refractivity contribution in [2.75, 3.05) is 25.5 Å². The molecule has 2 aromatic carbocycles. The van der Waals surface area contributed by atoms with E-state index in [1.54, 1.807) is 7.11 Å². The van der Waals surface area contributed by atoms with Crippen LogP contribution in [0.25, 0.3) is 0 Å². The first-order valence-electron chi connectivity index (χ1n) is 7.83. The number of likely N-dealkylation sites (N-methyl/N-ethyl adjacent to an activating group) is 1. The van der Waals surface area contributed by atoms with Crippen LogP contribution in [0.1, 0.15) is 18.1 Å². The van der Waals surface area contributed by atoms with Crippen molar-refractivity contribution < 1.29 is 9.53 Å². The van der Waals surface area contributed by atoms with E-state index in [0.29, 0.717) is 6.54 Å². The van der Waals surface area contributed by atoms with Gasteiger partial charge in [-0.3, -0.25) is 9.69 Å². The smallest absolute Gasteiger partial charge is 0.238 e. The summed E-state index contributed by atoms with van der Waals surface area (Å²) in [4.78, 5) is 14.4. The first-order valence-corrected chi connectivity index (χ1v) is 7.83. The lowest BCUT2D eigenvalue weighted by molar-refractivity contribution is -0.117. The molecule has 0 unspecified atom stereocenters. The largest absolute Gasteiger partial charge is 0.497 e. The van der Waals surface area contributed by atoms with Crippen LogP contribution in [0.3, 0.4) is 0 Å². The molecule has 0 aliphatic rings. The lowest BCUT2D eigenvalue weighted by Crippen LogP contribution is -2.32. The predicted molar refractivity (Wildman–Crippen MR) is 93.8 cm³/mol. The van der Waals surface area contributed by atoms with Gasteiger partial charge < -0.3 is 10.1 Å². The molecule has 4 nitrogen and oxygen atoms in total. The van der Waals surface area contributed by atoms with E-state index >= 15 is 0 Å². The van der Waals surface area contributed by atoms with E-state index in [9.17, 15) is 4.79 Å². The van der Waals surface area contributed by atoms with Crippen LogP contribution in [-0.4, -0.2) is 31.0 Å². The van der Waals surface area contributed by atoms with E-state index < -0.39 is 0 Å². The Morgan fingerprint density at radius 2 is 1.96 bits per heavy atom. The van der Waals surface area contributed by atoms with Crippen LogP contribution in [0.2, 0.25) is 0 Å². The number of anilines is 1. The Kier molecular flexibility index (Phi) is 6.18. The van der Waals surface area contributed by atoms with E-state index in [4.69, 9.17) is 4.74 Å². The van der Waals surface area contributed by atoms with E-state index in [0.717, 1.165) is 24.5 Å². The highest BCUT2D eigenvalue weighted by molar-refractivity contribution is 5.92. The third-order valence-electron chi connectivity index (χ3n) is 3.82.